The van der Waals surface area contributed by atoms with E-state index in [1.54, 1.807) is 31.2 Å². The van der Waals surface area contributed by atoms with Crippen molar-refractivity contribution in [3.63, 3.8) is 0 Å². The number of fused-ring (bicyclic) bond motifs is 1. The van der Waals surface area contributed by atoms with Crippen molar-refractivity contribution in [2.45, 2.75) is 45.4 Å². The Hall–Kier alpha value is -2.68. The molecule has 0 atom stereocenters. The van der Waals surface area contributed by atoms with Crippen molar-refractivity contribution in [1.82, 2.24) is 0 Å². The van der Waals surface area contributed by atoms with Crippen LogP contribution < -0.4 is 0 Å². The first-order valence-corrected chi connectivity index (χ1v) is 9.54. The summed E-state index contributed by atoms with van der Waals surface area (Å²) in [6, 6.07) is 13.1. The summed E-state index contributed by atoms with van der Waals surface area (Å²) in [5.41, 5.74) is 4.96. The number of carbonyl (C=O) groups excluding carboxylic acids is 2. The lowest BCUT2D eigenvalue weighted by molar-refractivity contribution is 0.0526. The summed E-state index contributed by atoms with van der Waals surface area (Å²) >= 11 is 0. The SMILES string of the molecule is CCOC(=O)c1ccc(C=CC(=O)c2ccc3c(c2)CCCC3(C)C)cc1. The van der Waals surface area contributed by atoms with Gasteiger partial charge in [0.1, 0.15) is 0 Å². The fraction of sp³-hybridized carbons (Fsp3) is 0.333. The van der Waals surface area contributed by atoms with Crippen molar-refractivity contribution in [3.8, 4) is 0 Å². The van der Waals surface area contributed by atoms with Gasteiger partial charge < -0.3 is 4.74 Å². The number of ketones is 1. The minimum absolute atomic E-state index is 0.00403. The molecule has 3 nitrogen and oxygen atoms in total. The Morgan fingerprint density at radius 1 is 1.07 bits per heavy atom. The summed E-state index contributed by atoms with van der Waals surface area (Å²) < 4.78 is 4.97. The molecule has 0 saturated heterocycles. The molecule has 2 aromatic rings. The number of allylic oxidation sites excluding steroid dienone is 1. The second-order valence-corrected chi connectivity index (χ2v) is 7.65. The molecule has 27 heavy (non-hydrogen) atoms. The lowest BCUT2D eigenvalue weighted by Gasteiger charge is -2.32. The van der Waals surface area contributed by atoms with Gasteiger partial charge in [0, 0.05) is 5.56 Å². The number of hydrogen-bond acceptors (Lipinski definition) is 3. The number of hydrogen-bond donors (Lipinski definition) is 0. The molecule has 2 aromatic carbocycles. The van der Waals surface area contributed by atoms with Gasteiger partial charge in [-0.1, -0.05) is 44.2 Å². The summed E-state index contributed by atoms with van der Waals surface area (Å²) in [6.07, 6.45) is 6.77. The summed E-state index contributed by atoms with van der Waals surface area (Å²) in [5.74, 6) is -0.336. The smallest absolute Gasteiger partial charge is 0.338 e. The zero-order valence-electron chi connectivity index (χ0n) is 16.2. The Morgan fingerprint density at radius 3 is 2.48 bits per heavy atom. The van der Waals surface area contributed by atoms with Crippen LogP contribution in [-0.4, -0.2) is 18.4 Å². The van der Waals surface area contributed by atoms with E-state index < -0.39 is 0 Å². The highest BCUT2D eigenvalue weighted by atomic mass is 16.5. The van der Waals surface area contributed by atoms with Crippen LogP contribution in [0.25, 0.3) is 6.08 Å². The number of rotatable bonds is 5. The molecule has 0 bridgehead atoms. The monoisotopic (exact) mass is 362 g/mol. The van der Waals surface area contributed by atoms with Crippen molar-refractivity contribution in [2.24, 2.45) is 0 Å². The second-order valence-electron chi connectivity index (χ2n) is 7.65. The third-order valence-electron chi connectivity index (χ3n) is 5.22. The molecule has 0 fully saturated rings. The van der Waals surface area contributed by atoms with Crippen LogP contribution in [0.5, 0.6) is 0 Å². The molecular formula is C24H26O3. The lowest BCUT2D eigenvalue weighted by Crippen LogP contribution is -2.24. The van der Waals surface area contributed by atoms with Crippen molar-refractivity contribution in [1.29, 1.82) is 0 Å². The van der Waals surface area contributed by atoms with Crippen molar-refractivity contribution in [3.05, 3.63) is 76.4 Å². The lowest BCUT2D eigenvalue weighted by atomic mass is 9.72. The summed E-state index contributed by atoms with van der Waals surface area (Å²) in [6.45, 7) is 6.67. The first-order valence-electron chi connectivity index (χ1n) is 9.54. The molecule has 0 radical (unpaired) electrons. The Labute approximate surface area is 161 Å². The van der Waals surface area contributed by atoms with Gasteiger partial charge in [-0.25, -0.2) is 4.79 Å². The minimum Gasteiger partial charge on any atom is -0.462 e. The van der Waals surface area contributed by atoms with E-state index in [-0.39, 0.29) is 17.2 Å². The van der Waals surface area contributed by atoms with Crippen LogP contribution in [0.2, 0.25) is 0 Å². The second kappa shape index (κ2) is 7.91. The predicted octanol–water partition coefficient (Wildman–Crippen LogP) is 5.37. The van der Waals surface area contributed by atoms with E-state index >= 15 is 0 Å². The summed E-state index contributed by atoms with van der Waals surface area (Å²) in [5, 5.41) is 0. The maximum atomic E-state index is 12.6. The quantitative estimate of drug-likeness (QED) is 0.408. The number of benzene rings is 2. The predicted molar refractivity (Wildman–Crippen MR) is 108 cm³/mol. The van der Waals surface area contributed by atoms with Gasteiger partial charge in [-0.15, -0.1) is 0 Å². The first-order chi connectivity index (χ1) is 12.9. The number of aryl methyl sites for hydroxylation is 1. The fourth-order valence-corrected chi connectivity index (χ4v) is 3.68. The number of esters is 1. The number of ether oxygens (including phenoxy) is 1. The zero-order chi connectivity index (χ0) is 19.4. The molecule has 1 aliphatic rings. The van der Waals surface area contributed by atoms with Gasteiger partial charge >= 0.3 is 5.97 Å². The molecule has 0 amide bonds. The third kappa shape index (κ3) is 4.36. The van der Waals surface area contributed by atoms with Crippen LogP contribution in [0, 0.1) is 0 Å². The van der Waals surface area contributed by atoms with E-state index in [4.69, 9.17) is 4.74 Å². The molecular weight excluding hydrogens is 336 g/mol. The van der Waals surface area contributed by atoms with Gasteiger partial charge in [0.15, 0.2) is 5.78 Å². The highest BCUT2D eigenvalue weighted by Gasteiger charge is 2.27. The minimum atomic E-state index is -0.332. The topological polar surface area (TPSA) is 43.4 Å². The molecule has 0 unspecified atom stereocenters. The van der Waals surface area contributed by atoms with Crippen LogP contribution in [-0.2, 0) is 16.6 Å². The van der Waals surface area contributed by atoms with Crippen molar-refractivity contribution < 1.29 is 14.3 Å². The van der Waals surface area contributed by atoms with E-state index in [0.717, 1.165) is 17.5 Å². The van der Waals surface area contributed by atoms with E-state index in [0.29, 0.717) is 12.2 Å². The fourth-order valence-electron chi connectivity index (χ4n) is 3.68. The van der Waals surface area contributed by atoms with Crippen LogP contribution in [0.4, 0.5) is 0 Å². The van der Waals surface area contributed by atoms with Crippen molar-refractivity contribution >= 4 is 17.8 Å². The highest BCUT2D eigenvalue weighted by molar-refractivity contribution is 6.07. The molecule has 0 aromatic heterocycles. The molecule has 3 heteroatoms. The van der Waals surface area contributed by atoms with E-state index in [1.807, 2.05) is 24.3 Å². The largest absolute Gasteiger partial charge is 0.462 e. The van der Waals surface area contributed by atoms with Crippen LogP contribution in [0.3, 0.4) is 0 Å². The molecule has 0 heterocycles. The molecule has 0 saturated carbocycles. The average molecular weight is 362 g/mol. The highest BCUT2D eigenvalue weighted by Crippen LogP contribution is 2.37. The van der Waals surface area contributed by atoms with E-state index in [9.17, 15) is 9.59 Å². The number of carbonyl (C=O) groups is 2. The van der Waals surface area contributed by atoms with Gasteiger partial charge in [0.25, 0.3) is 0 Å². The molecule has 140 valence electrons. The standard InChI is InChI=1S/C24H26O3/c1-4-27-23(26)18-10-7-17(8-11-18)9-14-22(25)20-12-13-21-19(16-20)6-5-15-24(21,2)3/h7-14,16H,4-6,15H2,1-3H3. The normalized spacial score (nSPS) is 15.4. The first kappa shape index (κ1) is 19.1. The Kier molecular flexibility index (Phi) is 5.59. The van der Waals surface area contributed by atoms with E-state index in [1.165, 1.54) is 24.0 Å². The molecule has 0 N–H and O–H groups in total. The zero-order valence-corrected chi connectivity index (χ0v) is 16.2. The maximum Gasteiger partial charge on any atom is 0.338 e. The summed E-state index contributed by atoms with van der Waals surface area (Å²) in [7, 11) is 0. The van der Waals surface area contributed by atoms with E-state index in [2.05, 4.69) is 19.9 Å². The van der Waals surface area contributed by atoms with Gasteiger partial charge in [0.2, 0.25) is 0 Å². The molecule has 0 aliphatic heterocycles. The summed E-state index contributed by atoms with van der Waals surface area (Å²) in [4.78, 5) is 24.2. The average Bonchev–Trinajstić information content (AvgIpc) is 2.66. The molecule has 1 aliphatic carbocycles. The Morgan fingerprint density at radius 2 is 1.78 bits per heavy atom. The van der Waals surface area contributed by atoms with Crippen LogP contribution >= 0.6 is 0 Å². The third-order valence-corrected chi connectivity index (χ3v) is 5.22. The molecule has 0 spiro atoms. The van der Waals surface area contributed by atoms with Crippen molar-refractivity contribution in [2.75, 3.05) is 6.61 Å². The van der Waals surface area contributed by atoms with Crippen LogP contribution in [0.15, 0.2) is 48.5 Å². The van der Waals surface area contributed by atoms with Gasteiger partial charge in [0.05, 0.1) is 12.2 Å². The maximum absolute atomic E-state index is 12.6. The Balaban J connectivity index is 1.73. The molecule has 3 rings (SSSR count). The van der Waals surface area contributed by atoms with Crippen LogP contribution in [0.1, 0.15) is 71.0 Å². The Bertz CT molecular complexity index is 873. The van der Waals surface area contributed by atoms with Gasteiger partial charge in [-0.3, -0.25) is 4.79 Å². The van der Waals surface area contributed by atoms with Gasteiger partial charge in [-0.2, -0.15) is 0 Å². The van der Waals surface area contributed by atoms with Gasteiger partial charge in [-0.05, 0) is 72.6 Å².